The predicted octanol–water partition coefficient (Wildman–Crippen LogP) is 3.97. The van der Waals surface area contributed by atoms with Crippen molar-refractivity contribution in [2.75, 3.05) is 18.0 Å². The Morgan fingerprint density at radius 3 is 2.50 bits per heavy atom. The Bertz CT molecular complexity index is 773. The van der Waals surface area contributed by atoms with E-state index in [1.54, 1.807) is 37.3 Å². The Hall–Kier alpha value is -2.27. The van der Waals surface area contributed by atoms with Gasteiger partial charge in [-0.3, -0.25) is 14.6 Å². The first-order chi connectivity index (χ1) is 12.5. The van der Waals surface area contributed by atoms with E-state index in [0.717, 1.165) is 25.9 Å². The number of benzene rings is 1. The van der Waals surface area contributed by atoms with E-state index in [1.165, 1.54) is 0 Å². The summed E-state index contributed by atoms with van der Waals surface area (Å²) in [6.45, 7) is 11.8. The summed E-state index contributed by atoms with van der Waals surface area (Å²) in [5, 5.41) is 0. The predicted molar refractivity (Wildman–Crippen MR) is 99.3 cm³/mol. The summed E-state index contributed by atoms with van der Waals surface area (Å²) in [5.74, 6) is 2.08. The van der Waals surface area contributed by atoms with Crippen molar-refractivity contribution in [1.29, 1.82) is 0 Å². The van der Waals surface area contributed by atoms with Crippen LogP contribution in [-0.4, -0.2) is 36.0 Å². The second-order valence-corrected chi connectivity index (χ2v) is 7.26. The molecule has 2 radical (unpaired) electrons. The molecule has 5 heteroatoms. The number of rotatable bonds is 4. The molecule has 2 aromatic rings. The number of carbonyl (C=O) groups excluding carboxylic acids is 1. The fourth-order valence-electron chi connectivity index (χ4n) is 4.36. The lowest BCUT2D eigenvalue weighted by Crippen LogP contribution is -2.63. The van der Waals surface area contributed by atoms with Crippen LogP contribution < -0.4 is 9.64 Å². The van der Waals surface area contributed by atoms with Gasteiger partial charge in [-0.25, -0.2) is 0 Å². The molecule has 0 N–H and O–H groups in total. The lowest BCUT2D eigenvalue weighted by atomic mass is 9.78. The molecule has 5 nitrogen and oxygen atoms in total. The second kappa shape index (κ2) is 6.80. The van der Waals surface area contributed by atoms with Gasteiger partial charge in [-0.1, -0.05) is 12.1 Å². The van der Waals surface area contributed by atoms with Gasteiger partial charge in [-0.05, 0) is 63.4 Å². The van der Waals surface area contributed by atoms with Crippen molar-refractivity contribution in [2.24, 2.45) is 5.92 Å². The summed E-state index contributed by atoms with van der Waals surface area (Å²) in [7, 11) is 0. The number of fused-ring (bicyclic) bond motifs is 3. The monoisotopic (exact) mass is 352 g/mol. The number of piperidine rings is 3. The molecule has 4 heterocycles. The number of nitrogens with zero attached hydrogens (tertiary/aromatic N) is 2. The van der Waals surface area contributed by atoms with Gasteiger partial charge in [0.15, 0.2) is 0 Å². The van der Waals surface area contributed by atoms with Gasteiger partial charge in [0.25, 0.3) is 5.95 Å². The quantitative estimate of drug-likeness (QED) is 0.835. The summed E-state index contributed by atoms with van der Waals surface area (Å²) in [6, 6.07) is 11.2. The number of furan rings is 1. The molecule has 3 fully saturated rings. The van der Waals surface area contributed by atoms with E-state index in [4.69, 9.17) is 16.1 Å². The van der Waals surface area contributed by atoms with E-state index in [2.05, 4.69) is 11.8 Å². The van der Waals surface area contributed by atoms with E-state index in [1.807, 2.05) is 11.0 Å². The zero-order valence-electron chi connectivity index (χ0n) is 15.2. The van der Waals surface area contributed by atoms with Crippen molar-refractivity contribution < 1.29 is 13.9 Å². The van der Waals surface area contributed by atoms with Gasteiger partial charge in [-0.15, -0.1) is 0 Å². The van der Waals surface area contributed by atoms with Gasteiger partial charge in [0, 0.05) is 25.1 Å². The average molecular weight is 352 g/mol. The molecule has 5 rings (SSSR count). The zero-order valence-corrected chi connectivity index (χ0v) is 15.2. The van der Waals surface area contributed by atoms with Gasteiger partial charge in [0.2, 0.25) is 11.8 Å². The molecular formula is C21H24N2O3. The molecule has 2 bridgehead atoms. The number of amides is 1. The fraction of sp³-hybridized carbons (Fsp3) is 0.429. The van der Waals surface area contributed by atoms with Crippen LogP contribution >= 0.6 is 0 Å². The van der Waals surface area contributed by atoms with Gasteiger partial charge >= 0.3 is 0 Å². The standard InChI is InChI=1S/C21H24N2O3/c1-14-4-6-18(7-5-14)25-20-9-8-19(26-20)23(16(3)24)21-15(2)22-12-10-17(21)11-13-22/h1,4-9,15,17,21H,10-13H2,2-3H3/t15-,21-/m0/s1. The number of anilines is 1. The fourth-order valence-corrected chi connectivity index (χ4v) is 4.36. The van der Waals surface area contributed by atoms with Crippen molar-refractivity contribution in [3.05, 3.63) is 48.9 Å². The molecule has 1 amide bonds. The Balaban J connectivity index is 1.57. The molecule has 3 saturated heterocycles. The minimum atomic E-state index is 0.00369. The van der Waals surface area contributed by atoms with Crippen molar-refractivity contribution in [1.82, 2.24) is 4.90 Å². The topological polar surface area (TPSA) is 45.9 Å². The molecule has 1 aromatic heterocycles. The normalized spacial score (nSPS) is 27.3. The van der Waals surface area contributed by atoms with Crippen LogP contribution in [0.2, 0.25) is 0 Å². The molecule has 0 aliphatic carbocycles. The van der Waals surface area contributed by atoms with Crippen LogP contribution in [0.3, 0.4) is 0 Å². The lowest BCUT2D eigenvalue weighted by molar-refractivity contribution is -0.118. The minimum absolute atomic E-state index is 0.00369. The third-order valence-corrected chi connectivity index (χ3v) is 5.67. The molecule has 136 valence electrons. The third-order valence-electron chi connectivity index (χ3n) is 5.67. The second-order valence-electron chi connectivity index (χ2n) is 7.26. The van der Waals surface area contributed by atoms with Crippen LogP contribution in [0.25, 0.3) is 0 Å². The summed E-state index contributed by atoms with van der Waals surface area (Å²) in [4.78, 5) is 16.7. The largest absolute Gasteiger partial charge is 0.426 e. The van der Waals surface area contributed by atoms with Crippen LogP contribution in [0, 0.1) is 12.8 Å². The van der Waals surface area contributed by atoms with Crippen molar-refractivity contribution in [3.63, 3.8) is 0 Å². The van der Waals surface area contributed by atoms with Crippen LogP contribution in [0.15, 0.2) is 40.8 Å². The number of hydrogen-bond donors (Lipinski definition) is 0. The Kier molecular flexibility index (Phi) is 4.49. The first kappa shape index (κ1) is 17.2. The van der Waals surface area contributed by atoms with Gasteiger partial charge in [-0.2, -0.15) is 0 Å². The number of ether oxygens (including phenoxy) is 1. The summed E-state index contributed by atoms with van der Waals surface area (Å²) < 4.78 is 11.6. The smallest absolute Gasteiger partial charge is 0.291 e. The SMILES string of the molecule is [CH]c1ccc(Oc2ccc(N(C(C)=O)[C@@H]3C4CCN(CC4)[C@H]3C)o2)cc1. The van der Waals surface area contributed by atoms with E-state index in [0.29, 0.717) is 35.1 Å². The number of hydrogen-bond acceptors (Lipinski definition) is 4. The minimum Gasteiger partial charge on any atom is -0.426 e. The van der Waals surface area contributed by atoms with Crippen molar-refractivity contribution >= 4 is 11.8 Å². The molecule has 26 heavy (non-hydrogen) atoms. The van der Waals surface area contributed by atoms with Crippen LogP contribution in [0.4, 0.5) is 5.88 Å². The van der Waals surface area contributed by atoms with Crippen molar-refractivity contribution in [2.45, 2.75) is 38.8 Å². The number of carbonyl (C=O) groups is 1. The summed E-state index contributed by atoms with van der Waals surface area (Å²) in [6.07, 6.45) is 2.27. The van der Waals surface area contributed by atoms with E-state index in [-0.39, 0.29) is 11.9 Å². The third kappa shape index (κ3) is 3.12. The first-order valence-corrected chi connectivity index (χ1v) is 9.20. The Labute approximate surface area is 154 Å². The highest BCUT2D eigenvalue weighted by molar-refractivity contribution is 5.91. The van der Waals surface area contributed by atoms with Crippen LogP contribution in [0.5, 0.6) is 11.7 Å². The molecular weight excluding hydrogens is 328 g/mol. The molecule has 1 aromatic carbocycles. The highest BCUT2D eigenvalue weighted by atomic mass is 16.6. The van der Waals surface area contributed by atoms with Crippen LogP contribution in [0.1, 0.15) is 32.3 Å². The van der Waals surface area contributed by atoms with E-state index in [9.17, 15) is 4.79 Å². The molecule has 3 aliphatic rings. The van der Waals surface area contributed by atoms with E-state index >= 15 is 0 Å². The highest BCUT2D eigenvalue weighted by Gasteiger charge is 2.45. The zero-order chi connectivity index (χ0) is 18.3. The molecule has 0 saturated carbocycles. The first-order valence-electron chi connectivity index (χ1n) is 9.20. The summed E-state index contributed by atoms with van der Waals surface area (Å²) in [5.41, 5.74) is 0.677. The van der Waals surface area contributed by atoms with E-state index < -0.39 is 0 Å². The molecule has 0 unspecified atom stereocenters. The maximum absolute atomic E-state index is 12.5. The lowest BCUT2D eigenvalue weighted by Gasteiger charge is -2.52. The molecule has 3 aliphatic heterocycles. The highest BCUT2D eigenvalue weighted by Crippen LogP contribution is 2.39. The Morgan fingerprint density at radius 1 is 1.19 bits per heavy atom. The van der Waals surface area contributed by atoms with Gasteiger partial charge < -0.3 is 9.15 Å². The maximum atomic E-state index is 12.5. The van der Waals surface area contributed by atoms with Gasteiger partial charge in [0.05, 0.1) is 6.04 Å². The Morgan fingerprint density at radius 2 is 1.88 bits per heavy atom. The summed E-state index contributed by atoms with van der Waals surface area (Å²) >= 11 is 0. The van der Waals surface area contributed by atoms with Crippen LogP contribution in [-0.2, 0) is 4.79 Å². The van der Waals surface area contributed by atoms with Crippen molar-refractivity contribution in [3.8, 4) is 11.7 Å². The molecule has 2 atom stereocenters. The molecule has 0 spiro atoms. The average Bonchev–Trinajstić information content (AvgIpc) is 3.08. The van der Waals surface area contributed by atoms with Gasteiger partial charge in [0.1, 0.15) is 5.75 Å². The maximum Gasteiger partial charge on any atom is 0.291 e.